The molecule has 0 radical (unpaired) electrons. The maximum Gasteiger partial charge on any atom is 0.223 e. The highest BCUT2D eigenvalue weighted by molar-refractivity contribution is 5.77. The summed E-state index contributed by atoms with van der Waals surface area (Å²) < 4.78 is 4.11. The van der Waals surface area contributed by atoms with E-state index in [0.29, 0.717) is 19.5 Å². The fourth-order valence-corrected chi connectivity index (χ4v) is 4.14. The molecule has 0 saturated carbocycles. The lowest BCUT2D eigenvalue weighted by Crippen LogP contribution is -2.26. The van der Waals surface area contributed by atoms with Crippen LogP contribution < -0.4 is 0 Å². The molecule has 1 aliphatic heterocycles. The first-order chi connectivity index (χ1) is 14.7. The third kappa shape index (κ3) is 3.32. The fourth-order valence-electron chi connectivity index (χ4n) is 4.14. The van der Waals surface area contributed by atoms with Crippen molar-refractivity contribution in [1.29, 1.82) is 0 Å². The predicted molar refractivity (Wildman–Crippen MR) is 117 cm³/mol. The van der Waals surface area contributed by atoms with Gasteiger partial charge in [0, 0.05) is 24.4 Å². The smallest absolute Gasteiger partial charge is 0.223 e. The van der Waals surface area contributed by atoms with E-state index in [-0.39, 0.29) is 5.91 Å². The molecule has 1 aliphatic rings. The minimum atomic E-state index is 0.178. The van der Waals surface area contributed by atoms with Crippen molar-refractivity contribution in [1.82, 2.24) is 19.2 Å². The molecule has 5 rings (SSSR count). The van der Waals surface area contributed by atoms with E-state index in [9.17, 15) is 4.79 Å². The Labute approximate surface area is 176 Å². The third-order valence-electron chi connectivity index (χ3n) is 5.74. The molecule has 150 valence electrons. The van der Waals surface area contributed by atoms with Crippen molar-refractivity contribution in [2.24, 2.45) is 0 Å². The number of nitrogens with zero attached hydrogens (tertiary/aromatic N) is 4. The summed E-state index contributed by atoms with van der Waals surface area (Å²) in [6, 6.07) is 22.5. The van der Waals surface area contributed by atoms with Crippen LogP contribution in [0.4, 0.5) is 0 Å². The molecule has 2 aromatic carbocycles. The number of amides is 1. The van der Waals surface area contributed by atoms with Crippen LogP contribution in [0.5, 0.6) is 0 Å². The average Bonchev–Trinajstić information content (AvgIpc) is 3.49. The van der Waals surface area contributed by atoms with E-state index in [0.717, 1.165) is 29.2 Å². The van der Waals surface area contributed by atoms with Gasteiger partial charge in [-0.3, -0.25) is 4.79 Å². The number of benzene rings is 2. The lowest BCUT2D eigenvalue weighted by atomic mass is 10.1. The number of aromatic nitrogens is 3. The quantitative estimate of drug-likeness (QED) is 0.500. The first-order valence-corrected chi connectivity index (χ1v) is 10.3. The maximum absolute atomic E-state index is 12.9. The molecule has 0 N–H and O–H groups in total. The summed E-state index contributed by atoms with van der Waals surface area (Å²) in [5.41, 5.74) is 5.54. The first kappa shape index (κ1) is 18.4. The number of carbonyl (C=O) groups is 1. The molecule has 0 aliphatic carbocycles. The second kappa shape index (κ2) is 7.67. The Morgan fingerprint density at radius 2 is 1.67 bits per heavy atom. The summed E-state index contributed by atoms with van der Waals surface area (Å²) in [7, 11) is 0. The second-order valence-electron chi connectivity index (χ2n) is 7.77. The number of carbonyl (C=O) groups excluding carboxylic acids is 1. The molecule has 0 spiro atoms. The van der Waals surface area contributed by atoms with Crippen LogP contribution in [0.15, 0.2) is 79.1 Å². The van der Waals surface area contributed by atoms with Crippen molar-refractivity contribution >= 4 is 5.91 Å². The number of para-hydroxylation sites is 1. The normalized spacial score (nSPS) is 12.9. The predicted octanol–water partition coefficient (Wildman–Crippen LogP) is 4.45. The SMILES string of the molecule is Cc1ccccc1-n1nc2c(c1-n1cccc1)CN(C(=O)CCc1ccccc1)C2. The highest BCUT2D eigenvalue weighted by Gasteiger charge is 2.31. The van der Waals surface area contributed by atoms with Crippen molar-refractivity contribution in [2.45, 2.75) is 32.9 Å². The van der Waals surface area contributed by atoms with Gasteiger partial charge in [0.15, 0.2) is 0 Å². The van der Waals surface area contributed by atoms with Crippen molar-refractivity contribution in [3.05, 3.63) is 102 Å². The van der Waals surface area contributed by atoms with Gasteiger partial charge in [0.05, 0.1) is 24.5 Å². The number of hydrogen-bond donors (Lipinski definition) is 0. The number of hydrogen-bond acceptors (Lipinski definition) is 2. The zero-order valence-electron chi connectivity index (χ0n) is 17.0. The molecule has 4 aromatic rings. The molecule has 5 heteroatoms. The standard InChI is InChI=1S/C25H24N4O/c1-19-9-5-6-12-23(19)29-25(27-15-7-8-16-27)21-17-28(18-22(21)26-29)24(30)14-13-20-10-3-2-4-11-20/h2-12,15-16H,13-14,17-18H2,1H3. The van der Waals surface area contributed by atoms with Gasteiger partial charge in [0.1, 0.15) is 5.82 Å². The minimum Gasteiger partial charge on any atom is -0.332 e. The molecule has 0 saturated heterocycles. The first-order valence-electron chi connectivity index (χ1n) is 10.3. The zero-order valence-corrected chi connectivity index (χ0v) is 17.0. The number of rotatable bonds is 5. The van der Waals surface area contributed by atoms with E-state index >= 15 is 0 Å². The lowest BCUT2D eigenvalue weighted by molar-refractivity contribution is -0.131. The fraction of sp³-hybridized carbons (Fsp3) is 0.200. The van der Waals surface area contributed by atoms with Crippen molar-refractivity contribution in [3.63, 3.8) is 0 Å². The van der Waals surface area contributed by atoms with Crippen LogP contribution in [0, 0.1) is 6.92 Å². The third-order valence-corrected chi connectivity index (χ3v) is 5.74. The van der Waals surface area contributed by atoms with Gasteiger partial charge in [-0.15, -0.1) is 0 Å². The molecule has 5 nitrogen and oxygen atoms in total. The van der Waals surface area contributed by atoms with Gasteiger partial charge in [-0.05, 0) is 42.7 Å². The second-order valence-corrected chi connectivity index (χ2v) is 7.77. The Bertz CT molecular complexity index is 1180. The van der Waals surface area contributed by atoms with Gasteiger partial charge < -0.3 is 9.47 Å². The summed E-state index contributed by atoms with van der Waals surface area (Å²) in [4.78, 5) is 14.8. The molecule has 1 amide bonds. The van der Waals surface area contributed by atoms with Crippen LogP contribution in [0.1, 0.15) is 28.8 Å². The van der Waals surface area contributed by atoms with Crippen LogP contribution in [-0.2, 0) is 24.3 Å². The molecule has 3 heterocycles. The zero-order chi connectivity index (χ0) is 20.5. The maximum atomic E-state index is 12.9. The summed E-state index contributed by atoms with van der Waals surface area (Å²) >= 11 is 0. The molecule has 0 fully saturated rings. The Kier molecular flexibility index (Phi) is 4.71. The summed E-state index contributed by atoms with van der Waals surface area (Å²) in [6.45, 7) is 3.26. The highest BCUT2D eigenvalue weighted by atomic mass is 16.2. The van der Waals surface area contributed by atoms with E-state index < -0.39 is 0 Å². The highest BCUT2D eigenvalue weighted by Crippen LogP contribution is 2.31. The van der Waals surface area contributed by atoms with Crippen LogP contribution >= 0.6 is 0 Å². The van der Waals surface area contributed by atoms with E-state index in [1.807, 2.05) is 64.4 Å². The van der Waals surface area contributed by atoms with Gasteiger partial charge in [-0.25, -0.2) is 4.68 Å². The monoisotopic (exact) mass is 396 g/mol. The Morgan fingerprint density at radius 1 is 0.933 bits per heavy atom. The van der Waals surface area contributed by atoms with E-state index in [1.165, 1.54) is 11.1 Å². The minimum absolute atomic E-state index is 0.178. The molecule has 2 aromatic heterocycles. The van der Waals surface area contributed by atoms with Gasteiger partial charge in [0.2, 0.25) is 5.91 Å². The summed E-state index contributed by atoms with van der Waals surface area (Å²) in [5.74, 6) is 1.19. The van der Waals surface area contributed by atoms with Crippen molar-refractivity contribution in [3.8, 4) is 11.5 Å². The number of aryl methyl sites for hydroxylation is 2. The van der Waals surface area contributed by atoms with Crippen LogP contribution in [0.25, 0.3) is 11.5 Å². The average molecular weight is 396 g/mol. The number of fused-ring (bicyclic) bond motifs is 1. The van der Waals surface area contributed by atoms with Gasteiger partial charge in [-0.2, -0.15) is 5.10 Å². The van der Waals surface area contributed by atoms with E-state index in [1.54, 1.807) is 0 Å². The molecular weight excluding hydrogens is 372 g/mol. The Balaban J connectivity index is 1.43. The topological polar surface area (TPSA) is 43.1 Å². The summed E-state index contributed by atoms with van der Waals surface area (Å²) in [6.07, 6.45) is 5.35. The Morgan fingerprint density at radius 3 is 2.43 bits per heavy atom. The molecule has 0 bridgehead atoms. The van der Waals surface area contributed by atoms with Crippen LogP contribution in [-0.4, -0.2) is 25.2 Å². The van der Waals surface area contributed by atoms with Gasteiger partial charge >= 0.3 is 0 Å². The van der Waals surface area contributed by atoms with E-state index in [2.05, 4.69) is 35.8 Å². The van der Waals surface area contributed by atoms with Crippen LogP contribution in [0.2, 0.25) is 0 Å². The molecule has 0 unspecified atom stereocenters. The van der Waals surface area contributed by atoms with Crippen molar-refractivity contribution in [2.75, 3.05) is 0 Å². The molecular formula is C25H24N4O. The summed E-state index contributed by atoms with van der Waals surface area (Å²) in [5, 5.41) is 4.93. The Hall–Kier alpha value is -3.60. The lowest BCUT2D eigenvalue weighted by Gasteiger charge is -2.18. The van der Waals surface area contributed by atoms with Gasteiger partial charge in [0.25, 0.3) is 0 Å². The van der Waals surface area contributed by atoms with Crippen LogP contribution in [0.3, 0.4) is 0 Å². The molecule has 30 heavy (non-hydrogen) atoms. The molecule has 0 atom stereocenters. The van der Waals surface area contributed by atoms with Crippen molar-refractivity contribution < 1.29 is 4.79 Å². The van der Waals surface area contributed by atoms with Gasteiger partial charge in [-0.1, -0.05) is 48.5 Å². The largest absolute Gasteiger partial charge is 0.332 e. The van der Waals surface area contributed by atoms with E-state index in [4.69, 9.17) is 5.10 Å².